The Morgan fingerprint density at radius 2 is 1.29 bits per heavy atom. The number of nitrogens with one attached hydrogen (secondary N) is 2. The highest BCUT2D eigenvalue weighted by atomic mass is 16.6. The van der Waals surface area contributed by atoms with Gasteiger partial charge in [0, 0.05) is 6.07 Å². The highest BCUT2D eigenvalue weighted by Gasteiger charge is 2.12. The third-order valence-electron chi connectivity index (χ3n) is 2.19. The largest absolute Gasteiger partial charge is 0.277 e. The molecule has 7 heteroatoms. The van der Waals surface area contributed by atoms with Gasteiger partial charge < -0.3 is 0 Å². The minimum absolute atomic E-state index is 0.142. The second-order valence-corrected chi connectivity index (χ2v) is 3.34. The molecule has 0 aromatic heterocycles. The van der Waals surface area contributed by atoms with Crippen LogP contribution in [-0.2, 0) is 9.59 Å². The predicted molar refractivity (Wildman–Crippen MR) is 75.4 cm³/mol. The highest BCUT2D eigenvalue weighted by molar-refractivity contribution is 5.73. The minimum Gasteiger partial charge on any atom is -0.258 e. The van der Waals surface area contributed by atoms with Crippen molar-refractivity contribution in [1.82, 2.24) is 0 Å². The SMILES string of the molecule is N=C=O.N=C=O.O=[N+]([O-])c1ccccc1-c1ccccc1. The number of carbonyl (C=O) groups excluding carboxylic acids is 2. The maximum Gasteiger partial charge on any atom is 0.277 e. The summed E-state index contributed by atoms with van der Waals surface area (Å²) in [5, 5.41) is 21.6. The Labute approximate surface area is 120 Å². The molecule has 0 unspecified atom stereocenters. The Morgan fingerprint density at radius 3 is 1.76 bits per heavy atom. The lowest BCUT2D eigenvalue weighted by Gasteiger charge is -2.01. The van der Waals surface area contributed by atoms with Crippen LogP contribution in [0.4, 0.5) is 5.69 Å². The molecule has 0 radical (unpaired) electrons. The lowest BCUT2D eigenvalue weighted by Crippen LogP contribution is -1.90. The van der Waals surface area contributed by atoms with Crippen molar-refractivity contribution in [3.63, 3.8) is 0 Å². The zero-order chi connectivity index (χ0) is 16.1. The summed E-state index contributed by atoms with van der Waals surface area (Å²) in [4.78, 5) is 27.1. The number of nitro benzene ring substituents is 1. The van der Waals surface area contributed by atoms with Gasteiger partial charge in [0.15, 0.2) is 0 Å². The van der Waals surface area contributed by atoms with Crippen molar-refractivity contribution in [2.45, 2.75) is 0 Å². The first kappa shape index (κ1) is 17.6. The lowest BCUT2D eigenvalue weighted by atomic mass is 10.0. The van der Waals surface area contributed by atoms with Gasteiger partial charge in [0.05, 0.1) is 10.5 Å². The monoisotopic (exact) mass is 285 g/mol. The van der Waals surface area contributed by atoms with Crippen LogP contribution in [-0.4, -0.2) is 17.1 Å². The number of isocyanates is 2. The summed E-state index contributed by atoms with van der Waals surface area (Å²) in [7, 11) is 0. The average molecular weight is 285 g/mol. The molecule has 0 aliphatic heterocycles. The smallest absolute Gasteiger partial charge is 0.258 e. The third kappa shape index (κ3) is 6.35. The Kier molecular flexibility index (Phi) is 8.81. The molecule has 0 aliphatic carbocycles. The van der Waals surface area contributed by atoms with E-state index in [0.29, 0.717) is 5.56 Å². The van der Waals surface area contributed by atoms with E-state index in [1.54, 1.807) is 18.2 Å². The van der Waals surface area contributed by atoms with Crippen LogP contribution in [0.15, 0.2) is 54.6 Å². The highest BCUT2D eigenvalue weighted by Crippen LogP contribution is 2.28. The van der Waals surface area contributed by atoms with Crippen molar-refractivity contribution in [2.24, 2.45) is 0 Å². The van der Waals surface area contributed by atoms with Crippen molar-refractivity contribution >= 4 is 17.8 Å². The molecule has 2 aromatic rings. The van der Waals surface area contributed by atoms with Gasteiger partial charge in [0.25, 0.3) is 5.69 Å². The van der Waals surface area contributed by atoms with E-state index < -0.39 is 0 Å². The molecule has 0 bridgehead atoms. The summed E-state index contributed by atoms with van der Waals surface area (Å²) in [6.07, 6.45) is 1.50. The van der Waals surface area contributed by atoms with Gasteiger partial charge in [-0.15, -0.1) is 0 Å². The molecule has 2 aromatic carbocycles. The first-order valence-electron chi connectivity index (χ1n) is 5.49. The molecule has 0 saturated carbocycles. The number of para-hydroxylation sites is 1. The molecule has 7 nitrogen and oxygen atoms in total. The van der Waals surface area contributed by atoms with Gasteiger partial charge in [-0.3, -0.25) is 10.1 Å². The molecule has 0 amide bonds. The standard InChI is InChI=1S/C12H9NO2.2CHNO/c14-13(15)12-9-5-4-8-11(12)10-6-2-1-3-7-10;2*2-1-3/h1-9H;2*2H. The van der Waals surface area contributed by atoms with Crippen molar-refractivity contribution in [3.8, 4) is 11.1 Å². The summed E-state index contributed by atoms with van der Waals surface area (Å²) < 4.78 is 0. The molecule has 0 fully saturated rings. The van der Waals surface area contributed by atoms with Crippen molar-refractivity contribution in [1.29, 1.82) is 10.8 Å². The first-order valence-corrected chi connectivity index (χ1v) is 5.49. The molecule has 106 valence electrons. The van der Waals surface area contributed by atoms with Crippen LogP contribution in [0.3, 0.4) is 0 Å². The summed E-state index contributed by atoms with van der Waals surface area (Å²) in [6.45, 7) is 0. The van der Waals surface area contributed by atoms with Gasteiger partial charge in [-0.05, 0) is 11.6 Å². The van der Waals surface area contributed by atoms with E-state index in [1.807, 2.05) is 30.3 Å². The van der Waals surface area contributed by atoms with Crippen LogP contribution in [0.1, 0.15) is 0 Å². The lowest BCUT2D eigenvalue weighted by molar-refractivity contribution is -0.384. The van der Waals surface area contributed by atoms with Crippen LogP contribution >= 0.6 is 0 Å². The average Bonchev–Trinajstić information content (AvgIpc) is 2.50. The van der Waals surface area contributed by atoms with E-state index in [2.05, 4.69) is 0 Å². The van der Waals surface area contributed by atoms with E-state index in [1.165, 1.54) is 6.07 Å². The number of benzene rings is 2. The molecular formula is C14H11N3O4. The van der Waals surface area contributed by atoms with E-state index in [4.69, 9.17) is 20.4 Å². The molecule has 0 aliphatic rings. The molecule has 0 heterocycles. The minimum atomic E-state index is -0.359. The summed E-state index contributed by atoms with van der Waals surface area (Å²) in [5.41, 5.74) is 1.66. The summed E-state index contributed by atoms with van der Waals surface area (Å²) >= 11 is 0. The summed E-state index contributed by atoms with van der Waals surface area (Å²) in [6, 6.07) is 16.1. The van der Waals surface area contributed by atoms with Crippen LogP contribution in [0.2, 0.25) is 0 Å². The Balaban J connectivity index is 0.000000578. The normalized spacial score (nSPS) is 7.81. The van der Waals surface area contributed by atoms with Crippen LogP contribution in [0.5, 0.6) is 0 Å². The van der Waals surface area contributed by atoms with Crippen LogP contribution in [0.25, 0.3) is 11.1 Å². The number of nitro groups is 1. The van der Waals surface area contributed by atoms with E-state index >= 15 is 0 Å². The quantitative estimate of drug-likeness (QED) is 0.380. The molecule has 21 heavy (non-hydrogen) atoms. The fraction of sp³-hybridized carbons (Fsp3) is 0. The van der Waals surface area contributed by atoms with E-state index in [0.717, 1.165) is 17.7 Å². The van der Waals surface area contributed by atoms with Gasteiger partial charge in [-0.1, -0.05) is 42.5 Å². The molecule has 2 N–H and O–H groups in total. The molecule has 0 saturated heterocycles. The van der Waals surface area contributed by atoms with Crippen LogP contribution < -0.4 is 0 Å². The predicted octanol–water partition coefficient (Wildman–Crippen LogP) is 3.06. The van der Waals surface area contributed by atoms with Gasteiger partial charge in [0.1, 0.15) is 0 Å². The van der Waals surface area contributed by atoms with E-state index in [-0.39, 0.29) is 10.6 Å². The molecule has 2 rings (SSSR count). The fourth-order valence-electron chi connectivity index (χ4n) is 1.49. The van der Waals surface area contributed by atoms with Crippen LogP contribution in [0, 0.1) is 20.9 Å². The Morgan fingerprint density at radius 1 is 0.857 bits per heavy atom. The fourth-order valence-corrected chi connectivity index (χ4v) is 1.49. The first-order chi connectivity index (χ1) is 10.1. The molecule has 0 atom stereocenters. The number of nitrogens with zero attached hydrogens (tertiary/aromatic N) is 1. The zero-order valence-corrected chi connectivity index (χ0v) is 10.8. The number of rotatable bonds is 2. The Bertz CT molecular complexity index is 632. The molecular weight excluding hydrogens is 274 g/mol. The number of hydrogen-bond acceptors (Lipinski definition) is 6. The van der Waals surface area contributed by atoms with Crippen molar-refractivity contribution in [2.75, 3.05) is 0 Å². The third-order valence-corrected chi connectivity index (χ3v) is 2.19. The topological polar surface area (TPSA) is 125 Å². The second-order valence-electron chi connectivity index (χ2n) is 3.34. The van der Waals surface area contributed by atoms with Gasteiger partial charge in [0.2, 0.25) is 12.2 Å². The van der Waals surface area contributed by atoms with Crippen molar-refractivity contribution < 1.29 is 14.5 Å². The molecule has 0 spiro atoms. The number of hydrogen-bond donors (Lipinski definition) is 2. The Hall–Kier alpha value is -3.40. The van der Waals surface area contributed by atoms with Gasteiger partial charge >= 0.3 is 0 Å². The maximum atomic E-state index is 10.8. The van der Waals surface area contributed by atoms with Crippen molar-refractivity contribution in [3.05, 3.63) is 64.7 Å². The van der Waals surface area contributed by atoms with Gasteiger partial charge in [-0.25, -0.2) is 20.4 Å². The summed E-state index contributed by atoms with van der Waals surface area (Å²) in [5.74, 6) is 0. The maximum absolute atomic E-state index is 10.8. The second kappa shape index (κ2) is 10.5. The van der Waals surface area contributed by atoms with E-state index in [9.17, 15) is 10.1 Å². The van der Waals surface area contributed by atoms with Gasteiger partial charge in [-0.2, -0.15) is 0 Å². The zero-order valence-electron chi connectivity index (χ0n) is 10.8.